The van der Waals surface area contributed by atoms with Crippen LogP contribution in [0.5, 0.6) is 5.88 Å². The molecule has 1 N–H and O–H groups in total. The second-order valence-corrected chi connectivity index (χ2v) is 8.32. The van der Waals surface area contributed by atoms with Crippen molar-refractivity contribution < 1.29 is 22.5 Å². The molecule has 4 nitrogen and oxygen atoms in total. The van der Waals surface area contributed by atoms with Crippen LogP contribution in [0.2, 0.25) is 0 Å². The van der Waals surface area contributed by atoms with E-state index in [0.29, 0.717) is 5.56 Å². The molecule has 1 heterocycles. The van der Waals surface area contributed by atoms with Gasteiger partial charge in [0.05, 0.1) is 19.1 Å². The number of pyridine rings is 1. The molecule has 23 heavy (non-hydrogen) atoms. The van der Waals surface area contributed by atoms with Gasteiger partial charge in [-0.2, -0.15) is 13.2 Å². The molecule has 0 aliphatic carbocycles. The summed E-state index contributed by atoms with van der Waals surface area (Å²) in [6, 6.07) is 1.57. The Hall–Kier alpha value is -0.990. The maximum atomic E-state index is 12.1. The molecule has 2 atom stereocenters. The van der Waals surface area contributed by atoms with Gasteiger partial charge in [-0.1, -0.05) is 0 Å². The third-order valence-corrected chi connectivity index (χ3v) is 4.70. The molecule has 0 bridgehead atoms. The molecule has 0 aromatic carbocycles. The Balaban J connectivity index is 2.68. The van der Waals surface area contributed by atoms with Crippen molar-refractivity contribution in [1.82, 2.24) is 9.71 Å². The molecule has 132 valence electrons. The molecule has 0 spiro atoms. The van der Waals surface area contributed by atoms with E-state index in [4.69, 9.17) is 4.74 Å². The first-order chi connectivity index (χ1) is 10.4. The van der Waals surface area contributed by atoms with Gasteiger partial charge in [0.15, 0.2) is 0 Å². The highest BCUT2D eigenvalue weighted by Gasteiger charge is 2.29. The van der Waals surface area contributed by atoms with Crippen molar-refractivity contribution in [2.45, 2.75) is 58.0 Å². The normalized spacial score (nSPS) is 15.3. The predicted molar refractivity (Wildman–Crippen MR) is 84.6 cm³/mol. The minimum Gasteiger partial charge on any atom is -0.598 e. The van der Waals surface area contributed by atoms with Crippen molar-refractivity contribution in [3.63, 3.8) is 0 Å². The van der Waals surface area contributed by atoms with Crippen molar-refractivity contribution in [2.75, 3.05) is 6.61 Å². The van der Waals surface area contributed by atoms with E-state index in [1.807, 2.05) is 27.7 Å². The van der Waals surface area contributed by atoms with Crippen LogP contribution in [0.4, 0.5) is 13.2 Å². The number of ether oxygens (including phenoxy) is 1. The van der Waals surface area contributed by atoms with Crippen LogP contribution in [0.3, 0.4) is 0 Å². The number of aryl methyl sites for hydroxylation is 1. The number of aromatic nitrogens is 1. The van der Waals surface area contributed by atoms with Crippen molar-refractivity contribution in [3.05, 3.63) is 23.4 Å². The molecular weight excluding hydrogens is 329 g/mol. The summed E-state index contributed by atoms with van der Waals surface area (Å²) in [4.78, 5) is 4.06. The highest BCUT2D eigenvalue weighted by Crippen LogP contribution is 2.24. The number of nitrogens with zero attached hydrogens (tertiary/aromatic N) is 1. The van der Waals surface area contributed by atoms with Crippen LogP contribution in [0, 0.1) is 6.92 Å². The second-order valence-electron chi connectivity index (χ2n) is 6.32. The lowest BCUT2D eigenvalue weighted by Crippen LogP contribution is -2.40. The van der Waals surface area contributed by atoms with Crippen LogP contribution in [0.25, 0.3) is 0 Å². The lowest BCUT2D eigenvalue weighted by Gasteiger charge is -2.26. The minimum absolute atomic E-state index is 0.183. The first kappa shape index (κ1) is 20.1. The van der Waals surface area contributed by atoms with E-state index in [9.17, 15) is 17.7 Å². The van der Waals surface area contributed by atoms with Gasteiger partial charge in [0.1, 0.15) is 4.75 Å². The Morgan fingerprint density at radius 2 is 1.96 bits per heavy atom. The van der Waals surface area contributed by atoms with E-state index >= 15 is 0 Å². The first-order valence-corrected chi connectivity index (χ1v) is 8.39. The summed E-state index contributed by atoms with van der Waals surface area (Å²) in [5.74, 6) is 0.183. The van der Waals surface area contributed by atoms with Crippen molar-refractivity contribution in [1.29, 1.82) is 0 Å². The third kappa shape index (κ3) is 6.97. The molecule has 0 aliphatic rings. The molecule has 0 saturated heterocycles. The van der Waals surface area contributed by atoms with Crippen LogP contribution in [0.15, 0.2) is 12.3 Å². The smallest absolute Gasteiger partial charge is 0.392 e. The van der Waals surface area contributed by atoms with Crippen molar-refractivity contribution in [2.24, 2.45) is 0 Å². The molecule has 0 saturated carbocycles. The van der Waals surface area contributed by atoms with E-state index in [1.54, 1.807) is 13.0 Å². The van der Waals surface area contributed by atoms with Gasteiger partial charge in [-0.05, 0) is 46.2 Å². The average molecular weight is 352 g/mol. The zero-order valence-corrected chi connectivity index (χ0v) is 14.8. The maximum Gasteiger partial charge on any atom is 0.392 e. The van der Waals surface area contributed by atoms with Crippen LogP contribution in [-0.4, -0.2) is 27.1 Å². The molecule has 0 aliphatic heterocycles. The Labute approximate surface area is 138 Å². The lowest BCUT2D eigenvalue weighted by atomic mass is 10.1. The fourth-order valence-electron chi connectivity index (χ4n) is 1.64. The zero-order chi connectivity index (χ0) is 17.8. The van der Waals surface area contributed by atoms with Crippen molar-refractivity contribution in [3.8, 4) is 5.88 Å². The summed E-state index contributed by atoms with van der Waals surface area (Å²) < 4.78 is 56.1. The number of hydrogen-bond acceptors (Lipinski definition) is 4. The van der Waals surface area contributed by atoms with Crippen LogP contribution < -0.4 is 9.46 Å². The van der Waals surface area contributed by atoms with Gasteiger partial charge in [-0.15, -0.1) is 4.72 Å². The van der Waals surface area contributed by atoms with E-state index < -0.39 is 35.3 Å². The van der Waals surface area contributed by atoms with Gasteiger partial charge in [0.2, 0.25) is 5.88 Å². The topological polar surface area (TPSA) is 57.2 Å². The summed E-state index contributed by atoms with van der Waals surface area (Å²) >= 11 is -1.23. The van der Waals surface area contributed by atoms with E-state index in [-0.39, 0.29) is 11.9 Å². The standard InChI is InChI=1S/C15H23F3N2O2S/c1-10-8-12(11(2)20-23(21)14(3,4)5)9-19-13(10)22-7-6-15(16,17)18/h8-9,11,20H,6-7H2,1-5H3. The summed E-state index contributed by atoms with van der Waals surface area (Å²) in [6.45, 7) is 8.70. The Morgan fingerprint density at radius 3 is 2.43 bits per heavy atom. The van der Waals surface area contributed by atoms with Crippen molar-refractivity contribution >= 4 is 11.4 Å². The molecule has 0 fully saturated rings. The summed E-state index contributed by atoms with van der Waals surface area (Å²) in [5.41, 5.74) is 1.43. The van der Waals surface area contributed by atoms with Crippen LogP contribution >= 0.6 is 0 Å². The highest BCUT2D eigenvalue weighted by atomic mass is 32.2. The lowest BCUT2D eigenvalue weighted by molar-refractivity contribution is -0.139. The number of halogens is 3. The molecule has 1 rings (SSSR count). The Morgan fingerprint density at radius 1 is 1.35 bits per heavy atom. The van der Waals surface area contributed by atoms with Crippen LogP contribution in [-0.2, 0) is 11.4 Å². The third-order valence-electron chi connectivity index (χ3n) is 3.02. The summed E-state index contributed by atoms with van der Waals surface area (Å²) in [6.07, 6.45) is -3.74. The number of rotatable bonds is 6. The molecule has 1 aromatic heterocycles. The molecule has 0 radical (unpaired) electrons. The van der Waals surface area contributed by atoms with E-state index in [2.05, 4.69) is 9.71 Å². The summed E-state index contributed by atoms with van der Waals surface area (Å²) in [7, 11) is 0. The number of hydrogen-bond donors (Lipinski definition) is 1. The number of nitrogens with one attached hydrogen (secondary N) is 1. The Bertz CT molecular complexity index is 518. The predicted octanol–water partition coefficient (Wildman–Crippen LogP) is 3.83. The zero-order valence-electron chi connectivity index (χ0n) is 14.0. The monoisotopic (exact) mass is 352 g/mol. The maximum absolute atomic E-state index is 12.1. The van der Waals surface area contributed by atoms with Gasteiger partial charge < -0.3 is 9.29 Å². The van der Waals surface area contributed by atoms with Gasteiger partial charge >= 0.3 is 6.18 Å². The van der Waals surface area contributed by atoms with Gasteiger partial charge in [0.25, 0.3) is 0 Å². The van der Waals surface area contributed by atoms with E-state index in [1.165, 1.54) is 6.20 Å². The fourth-order valence-corrected chi connectivity index (χ4v) is 2.45. The van der Waals surface area contributed by atoms with Crippen LogP contribution in [0.1, 0.15) is 51.3 Å². The average Bonchev–Trinajstić information content (AvgIpc) is 2.37. The Kier molecular flexibility index (Phi) is 6.73. The first-order valence-electron chi connectivity index (χ1n) is 7.24. The minimum atomic E-state index is -4.25. The number of alkyl halides is 3. The van der Waals surface area contributed by atoms with Gasteiger partial charge in [0, 0.05) is 23.1 Å². The quantitative estimate of drug-likeness (QED) is 0.791. The fraction of sp³-hybridized carbons (Fsp3) is 0.667. The highest BCUT2D eigenvalue weighted by molar-refractivity contribution is 7.90. The molecule has 8 heteroatoms. The van der Waals surface area contributed by atoms with Gasteiger partial charge in [-0.3, -0.25) is 0 Å². The molecule has 0 amide bonds. The van der Waals surface area contributed by atoms with Gasteiger partial charge in [-0.25, -0.2) is 4.98 Å². The SMILES string of the molecule is Cc1cc(C(C)N[S+]([O-])C(C)(C)C)cnc1OCCC(F)(F)F. The summed E-state index contributed by atoms with van der Waals surface area (Å²) in [5, 5.41) is 0. The second kappa shape index (κ2) is 7.72. The largest absolute Gasteiger partial charge is 0.598 e. The van der Waals surface area contributed by atoms with E-state index in [0.717, 1.165) is 5.56 Å². The molecular formula is C15H23F3N2O2S. The molecule has 1 aromatic rings. The molecule has 2 unspecified atom stereocenters.